The Bertz CT molecular complexity index is 1530. The number of ether oxygens (including phenoxy) is 2. The van der Waals surface area contributed by atoms with Gasteiger partial charge in [0.1, 0.15) is 31.8 Å². The summed E-state index contributed by atoms with van der Waals surface area (Å²) in [5, 5.41) is 13.3. The molecule has 40 heavy (non-hydrogen) atoms. The predicted molar refractivity (Wildman–Crippen MR) is 144 cm³/mol. The van der Waals surface area contributed by atoms with E-state index < -0.39 is 24.9 Å². The average Bonchev–Trinajstić information content (AvgIpc) is 3.24. The molecular weight excluding hydrogens is 549 g/mol. The minimum absolute atomic E-state index is 0.144. The van der Waals surface area contributed by atoms with Crippen molar-refractivity contribution >= 4 is 33.2 Å². The Hall–Kier alpha value is -4.16. The number of oxime groups is 1. The number of halogens is 3. The van der Waals surface area contributed by atoms with Crippen molar-refractivity contribution in [1.82, 2.24) is 4.57 Å². The van der Waals surface area contributed by atoms with Crippen molar-refractivity contribution < 1.29 is 37.4 Å². The molecule has 0 radical (unpaired) electrons. The van der Waals surface area contributed by atoms with Gasteiger partial charge < -0.3 is 19.4 Å². The first-order valence-corrected chi connectivity index (χ1v) is 12.9. The molecule has 1 heterocycles. The highest BCUT2D eigenvalue weighted by atomic mass is 32.1. The molecule has 0 aliphatic heterocycles. The molecule has 0 saturated heterocycles. The van der Waals surface area contributed by atoms with Crippen LogP contribution in [0.1, 0.15) is 16.7 Å². The third kappa shape index (κ3) is 7.48. The van der Waals surface area contributed by atoms with E-state index in [2.05, 4.69) is 9.89 Å². The summed E-state index contributed by atoms with van der Waals surface area (Å²) in [5.41, 5.74) is 3.55. The van der Waals surface area contributed by atoms with Crippen LogP contribution in [-0.2, 0) is 27.3 Å². The maximum atomic E-state index is 12.7. The molecule has 210 valence electrons. The van der Waals surface area contributed by atoms with E-state index in [9.17, 15) is 22.8 Å². The van der Waals surface area contributed by atoms with E-state index >= 15 is 0 Å². The van der Waals surface area contributed by atoms with Crippen molar-refractivity contribution in [2.24, 2.45) is 5.16 Å². The fourth-order valence-electron chi connectivity index (χ4n) is 3.99. The van der Waals surface area contributed by atoms with Gasteiger partial charge in [0.15, 0.2) is 6.10 Å². The van der Waals surface area contributed by atoms with Gasteiger partial charge in [0.2, 0.25) is 0 Å². The fraction of sp³-hybridized carbons (Fsp3) is 0.250. The highest BCUT2D eigenvalue weighted by molar-refractivity contribution is 7.16. The third-order valence-corrected chi connectivity index (χ3v) is 6.77. The van der Waals surface area contributed by atoms with Crippen molar-refractivity contribution in [3.8, 4) is 5.75 Å². The summed E-state index contributed by atoms with van der Waals surface area (Å²) in [6.45, 7) is -1.18. The number of thiazole rings is 1. The van der Waals surface area contributed by atoms with E-state index in [0.29, 0.717) is 17.0 Å². The first-order valence-electron chi connectivity index (χ1n) is 12.1. The number of aliphatic carboxylic acids is 1. The Kier molecular flexibility index (Phi) is 9.22. The lowest BCUT2D eigenvalue weighted by Crippen LogP contribution is -2.31. The molecule has 0 aliphatic rings. The number of carboxylic acid groups (broad SMARTS) is 1. The third-order valence-electron chi connectivity index (χ3n) is 5.82. The van der Waals surface area contributed by atoms with Gasteiger partial charge in [0, 0.05) is 17.5 Å². The van der Waals surface area contributed by atoms with Gasteiger partial charge in [-0.15, -0.1) is 0 Å². The average molecular weight is 575 g/mol. The molecule has 0 bridgehead atoms. The molecule has 12 heteroatoms. The molecule has 1 N–H and O–H groups in total. The second-order valence-corrected chi connectivity index (χ2v) is 9.63. The minimum Gasteiger partial charge on any atom is -0.492 e. The molecule has 8 nitrogen and oxygen atoms in total. The number of carboxylic acids is 1. The van der Waals surface area contributed by atoms with Crippen molar-refractivity contribution in [3.05, 3.63) is 99.2 Å². The quantitative estimate of drug-likeness (QED) is 0.186. The Morgan fingerprint density at radius 3 is 2.42 bits per heavy atom. The summed E-state index contributed by atoms with van der Waals surface area (Å²) in [6, 6.07) is 21.5. The number of fused-ring (bicyclic) bond motifs is 1. The van der Waals surface area contributed by atoms with Gasteiger partial charge in [-0.3, -0.25) is 9.36 Å². The van der Waals surface area contributed by atoms with Crippen LogP contribution in [0.25, 0.3) is 10.2 Å². The summed E-state index contributed by atoms with van der Waals surface area (Å²) in [4.78, 5) is 28.9. The van der Waals surface area contributed by atoms with Crippen LogP contribution in [0.3, 0.4) is 0 Å². The van der Waals surface area contributed by atoms with Gasteiger partial charge in [-0.05, 0) is 29.8 Å². The zero-order valence-corrected chi connectivity index (χ0v) is 22.1. The van der Waals surface area contributed by atoms with Gasteiger partial charge in [0.05, 0.1) is 16.8 Å². The Morgan fingerprint density at radius 2 is 1.77 bits per heavy atom. The Balaban J connectivity index is 1.40. The normalized spacial score (nSPS) is 12.8. The Morgan fingerprint density at radius 1 is 1.05 bits per heavy atom. The molecule has 0 amide bonds. The fourth-order valence-corrected chi connectivity index (χ4v) is 4.94. The van der Waals surface area contributed by atoms with Crippen LogP contribution in [0.2, 0.25) is 0 Å². The maximum Gasteiger partial charge on any atom is 0.411 e. The lowest BCUT2D eigenvalue weighted by Gasteiger charge is -2.15. The first-order chi connectivity index (χ1) is 19.1. The van der Waals surface area contributed by atoms with E-state index in [-0.39, 0.29) is 24.4 Å². The van der Waals surface area contributed by atoms with E-state index in [1.807, 2.05) is 48.5 Å². The van der Waals surface area contributed by atoms with Crippen LogP contribution >= 0.6 is 11.3 Å². The molecule has 1 unspecified atom stereocenters. The number of hydrogen-bond donors (Lipinski definition) is 1. The van der Waals surface area contributed by atoms with Crippen LogP contribution in [0.4, 0.5) is 13.2 Å². The van der Waals surface area contributed by atoms with Crippen molar-refractivity contribution in [2.75, 3.05) is 20.3 Å². The lowest BCUT2D eigenvalue weighted by molar-refractivity contribution is -0.192. The number of hydrogen-bond acceptors (Lipinski definition) is 7. The number of aromatic nitrogens is 1. The molecule has 0 aliphatic carbocycles. The minimum atomic E-state index is -4.62. The van der Waals surface area contributed by atoms with E-state index in [1.54, 1.807) is 28.8 Å². The van der Waals surface area contributed by atoms with Crippen LogP contribution < -0.4 is 9.61 Å². The molecule has 4 aromatic rings. The zero-order chi connectivity index (χ0) is 28.7. The second-order valence-electron chi connectivity index (χ2n) is 8.64. The van der Waals surface area contributed by atoms with Gasteiger partial charge in [0.25, 0.3) is 0 Å². The maximum absolute atomic E-state index is 12.7. The summed E-state index contributed by atoms with van der Waals surface area (Å²) in [5.74, 6) is -1.02. The molecule has 1 aromatic heterocycles. The van der Waals surface area contributed by atoms with E-state index in [4.69, 9.17) is 14.7 Å². The van der Waals surface area contributed by atoms with Crippen molar-refractivity contribution in [2.45, 2.75) is 25.2 Å². The van der Waals surface area contributed by atoms with Gasteiger partial charge in [-0.2, -0.15) is 13.2 Å². The molecule has 4 rings (SSSR count). The van der Waals surface area contributed by atoms with Gasteiger partial charge >= 0.3 is 17.0 Å². The zero-order valence-electron chi connectivity index (χ0n) is 21.3. The van der Waals surface area contributed by atoms with Crippen LogP contribution in [-0.4, -0.2) is 54.0 Å². The standard InChI is InChI=1S/C28H25F3N2O6S/c1-37-32-25(19-5-3-2-4-6-19)20-9-12-22-24(16-20)40-27(36)33(22)13-14-38-21-10-7-18(8-11-21)15-23(26(34)35)39-17-28(29,30)31/h2-12,16,23H,13-15,17H2,1H3,(H,34,35)/b32-25-. The predicted octanol–water partition coefficient (Wildman–Crippen LogP) is 5.12. The number of carbonyl (C=O) groups is 1. The molecular formula is C28H25F3N2O6S. The first kappa shape index (κ1) is 28.8. The highest BCUT2D eigenvalue weighted by Gasteiger charge is 2.31. The number of rotatable bonds is 12. The summed E-state index contributed by atoms with van der Waals surface area (Å²) < 4.78 is 49.8. The monoisotopic (exact) mass is 574 g/mol. The van der Waals surface area contributed by atoms with Crippen LogP contribution in [0, 0.1) is 0 Å². The second kappa shape index (κ2) is 12.8. The summed E-state index contributed by atoms with van der Waals surface area (Å²) in [6.07, 6.45) is -6.48. The van der Waals surface area contributed by atoms with Crippen molar-refractivity contribution in [3.63, 3.8) is 0 Å². The number of benzene rings is 3. The highest BCUT2D eigenvalue weighted by Crippen LogP contribution is 2.22. The SMILES string of the molecule is CO/N=C(/c1ccccc1)c1ccc2c(c1)sc(=O)n2CCOc1ccc(CC(OCC(F)(F)F)C(=O)O)cc1. The van der Waals surface area contributed by atoms with Crippen LogP contribution in [0.15, 0.2) is 82.7 Å². The largest absolute Gasteiger partial charge is 0.492 e. The smallest absolute Gasteiger partial charge is 0.411 e. The lowest BCUT2D eigenvalue weighted by atomic mass is 10.0. The van der Waals surface area contributed by atoms with E-state index in [1.165, 1.54) is 7.11 Å². The van der Waals surface area contributed by atoms with Gasteiger partial charge in [-0.1, -0.05) is 65.0 Å². The van der Waals surface area contributed by atoms with E-state index in [0.717, 1.165) is 32.7 Å². The van der Waals surface area contributed by atoms with Gasteiger partial charge in [-0.25, -0.2) is 4.79 Å². The van der Waals surface area contributed by atoms with Crippen molar-refractivity contribution in [1.29, 1.82) is 0 Å². The molecule has 3 aromatic carbocycles. The molecule has 1 atom stereocenters. The topological polar surface area (TPSA) is 99.4 Å². The molecule has 0 saturated carbocycles. The Labute approximate surface area is 230 Å². The van der Waals surface area contributed by atoms with Crippen LogP contribution in [0.5, 0.6) is 5.75 Å². The number of nitrogens with zero attached hydrogens (tertiary/aromatic N) is 2. The molecule has 0 spiro atoms. The number of alkyl halides is 3. The summed E-state index contributed by atoms with van der Waals surface area (Å²) in [7, 11) is 1.48. The summed E-state index contributed by atoms with van der Waals surface area (Å²) >= 11 is 1.11. The molecule has 0 fully saturated rings.